The average molecular weight is 471 g/mol. The Morgan fingerprint density at radius 3 is 2.46 bits per heavy atom. The molecule has 1 aliphatic rings. The Balaban J connectivity index is 1.88. The van der Waals surface area contributed by atoms with Crippen LogP contribution in [0, 0.1) is 23.1 Å². The van der Waals surface area contributed by atoms with Crippen molar-refractivity contribution in [3.63, 3.8) is 0 Å². The number of carbonyl (C=O) groups is 2. The first kappa shape index (κ1) is 23.7. The number of hydrogen-bond donors (Lipinski definition) is 1. The van der Waals surface area contributed by atoms with Crippen LogP contribution in [-0.4, -0.2) is 23.4 Å². The molecule has 0 aromatic heterocycles. The van der Waals surface area contributed by atoms with Gasteiger partial charge < -0.3 is 9.84 Å². The van der Waals surface area contributed by atoms with Crippen molar-refractivity contribution in [2.45, 2.75) is 19.9 Å². The zero-order chi connectivity index (χ0) is 25.1. The van der Waals surface area contributed by atoms with E-state index in [0.29, 0.717) is 23.6 Å². The van der Waals surface area contributed by atoms with E-state index in [0.717, 1.165) is 4.90 Å². The zero-order valence-corrected chi connectivity index (χ0v) is 19.2. The highest BCUT2D eigenvalue weighted by molar-refractivity contribution is 6.51. The second-order valence-corrected chi connectivity index (χ2v) is 8.58. The minimum Gasteiger partial charge on any atom is -0.507 e. The zero-order valence-electron chi connectivity index (χ0n) is 19.2. The Kier molecular flexibility index (Phi) is 6.65. The third-order valence-corrected chi connectivity index (χ3v) is 5.61. The van der Waals surface area contributed by atoms with Crippen LogP contribution in [0.5, 0.6) is 5.75 Å². The number of ether oxygens (including phenoxy) is 1. The van der Waals surface area contributed by atoms with Crippen molar-refractivity contribution >= 4 is 23.1 Å². The van der Waals surface area contributed by atoms with Crippen LogP contribution in [0.2, 0.25) is 0 Å². The highest BCUT2D eigenvalue weighted by Crippen LogP contribution is 2.43. The molecular formula is C28H23FN2O4. The fraction of sp³-hybridized carbons (Fsp3) is 0.179. The van der Waals surface area contributed by atoms with Gasteiger partial charge in [-0.3, -0.25) is 14.5 Å². The SMILES string of the molecule is CC(C)COc1cccc(/C(O)=C2/C(=O)C(=O)N(c3ccc(C#N)cc3)C2c2ccccc2F)c1. The van der Waals surface area contributed by atoms with Crippen LogP contribution < -0.4 is 9.64 Å². The summed E-state index contributed by atoms with van der Waals surface area (Å²) < 4.78 is 20.7. The lowest BCUT2D eigenvalue weighted by molar-refractivity contribution is -0.132. The topological polar surface area (TPSA) is 90.6 Å². The number of ketones is 1. The molecule has 1 saturated heterocycles. The summed E-state index contributed by atoms with van der Waals surface area (Å²) in [4.78, 5) is 27.5. The van der Waals surface area contributed by atoms with Gasteiger partial charge in [0, 0.05) is 16.8 Å². The Hall–Kier alpha value is -4.44. The average Bonchev–Trinajstić information content (AvgIpc) is 3.13. The van der Waals surface area contributed by atoms with Gasteiger partial charge in [0.1, 0.15) is 17.3 Å². The van der Waals surface area contributed by atoms with E-state index in [2.05, 4.69) is 0 Å². The van der Waals surface area contributed by atoms with Gasteiger partial charge in [0.05, 0.1) is 29.9 Å². The summed E-state index contributed by atoms with van der Waals surface area (Å²) in [7, 11) is 0. The number of hydrogen-bond acceptors (Lipinski definition) is 5. The van der Waals surface area contributed by atoms with E-state index < -0.39 is 29.3 Å². The number of benzene rings is 3. The first-order valence-electron chi connectivity index (χ1n) is 11.1. The summed E-state index contributed by atoms with van der Waals surface area (Å²) in [5, 5.41) is 20.3. The Morgan fingerprint density at radius 1 is 1.09 bits per heavy atom. The molecule has 6 nitrogen and oxygen atoms in total. The molecule has 35 heavy (non-hydrogen) atoms. The summed E-state index contributed by atoms with van der Waals surface area (Å²) in [6, 6.07) is 19.2. The Labute approximate surface area is 202 Å². The van der Waals surface area contributed by atoms with Gasteiger partial charge >= 0.3 is 0 Å². The predicted molar refractivity (Wildman–Crippen MR) is 129 cm³/mol. The molecule has 0 bridgehead atoms. The maximum atomic E-state index is 15.0. The lowest BCUT2D eigenvalue weighted by atomic mass is 9.94. The third-order valence-electron chi connectivity index (χ3n) is 5.61. The smallest absolute Gasteiger partial charge is 0.300 e. The summed E-state index contributed by atoms with van der Waals surface area (Å²) in [5.41, 5.74) is 0.763. The Bertz CT molecular complexity index is 1360. The largest absolute Gasteiger partial charge is 0.507 e. The first-order valence-corrected chi connectivity index (χ1v) is 11.1. The fourth-order valence-corrected chi connectivity index (χ4v) is 3.94. The summed E-state index contributed by atoms with van der Waals surface area (Å²) in [6.07, 6.45) is 0. The molecule has 1 N–H and O–H groups in total. The van der Waals surface area contributed by atoms with E-state index >= 15 is 0 Å². The first-order chi connectivity index (χ1) is 16.8. The molecular weight excluding hydrogens is 447 g/mol. The van der Waals surface area contributed by atoms with Gasteiger partial charge in [0.15, 0.2) is 0 Å². The quantitative estimate of drug-likeness (QED) is 0.298. The third kappa shape index (κ3) is 4.64. The molecule has 1 atom stereocenters. The molecule has 1 amide bonds. The molecule has 0 saturated carbocycles. The van der Waals surface area contributed by atoms with Crippen LogP contribution >= 0.6 is 0 Å². The maximum absolute atomic E-state index is 15.0. The lowest BCUT2D eigenvalue weighted by Crippen LogP contribution is -2.29. The van der Waals surface area contributed by atoms with Crippen molar-refractivity contribution in [2.24, 2.45) is 5.92 Å². The van der Waals surface area contributed by atoms with Gasteiger partial charge in [-0.1, -0.05) is 44.2 Å². The summed E-state index contributed by atoms with van der Waals surface area (Å²) in [5.74, 6) is -2.12. The molecule has 1 unspecified atom stereocenters. The highest BCUT2D eigenvalue weighted by atomic mass is 19.1. The minimum atomic E-state index is -1.20. The number of halogens is 1. The number of carbonyl (C=O) groups excluding carboxylic acids is 2. The number of rotatable bonds is 6. The van der Waals surface area contributed by atoms with E-state index in [4.69, 9.17) is 10.00 Å². The second-order valence-electron chi connectivity index (χ2n) is 8.58. The molecule has 0 spiro atoms. The summed E-state index contributed by atoms with van der Waals surface area (Å²) >= 11 is 0. The molecule has 0 radical (unpaired) electrons. The molecule has 3 aromatic rings. The van der Waals surface area contributed by atoms with Gasteiger partial charge in [0.25, 0.3) is 11.7 Å². The number of nitrogens with zero attached hydrogens (tertiary/aromatic N) is 2. The minimum absolute atomic E-state index is 0.0600. The maximum Gasteiger partial charge on any atom is 0.300 e. The number of anilines is 1. The van der Waals surface area contributed by atoms with Crippen molar-refractivity contribution in [3.05, 3.63) is 101 Å². The number of Topliss-reactive ketones (excluding diaryl/α,β-unsaturated/α-hetero) is 1. The van der Waals surface area contributed by atoms with E-state index in [9.17, 15) is 19.1 Å². The predicted octanol–water partition coefficient (Wildman–Crippen LogP) is 5.36. The van der Waals surface area contributed by atoms with E-state index in [1.807, 2.05) is 19.9 Å². The van der Waals surface area contributed by atoms with Crippen LogP contribution in [-0.2, 0) is 9.59 Å². The fourth-order valence-electron chi connectivity index (χ4n) is 3.94. The number of nitriles is 1. The van der Waals surface area contributed by atoms with Crippen LogP contribution in [0.15, 0.2) is 78.4 Å². The molecule has 176 valence electrons. The van der Waals surface area contributed by atoms with Gasteiger partial charge in [0.2, 0.25) is 0 Å². The Morgan fingerprint density at radius 2 is 1.80 bits per heavy atom. The van der Waals surface area contributed by atoms with Gasteiger partial charge in [-0.15, -0.1) is 0 Å². The standard InChI is InChI=1S/C28H23FN2O4/c1-17(2)16-35-21-7-5-6-19(14-21)26(32)24-25(22-8-3-4-9-23(22)29)31(28(34)27(24)33)20-12-10-18(15-30)11-13-20/h3-14,17,25,32H,16H2,1-2H3/b26-24-. The number of aliphatic hydroxyl groups excluding tert-OH is 1. The van der Waals surface area contributed by atoms with E-state index in [1.54, 1.807) is 30.3 Å². The number of aliphatic hydroxyl groups is 1. The van der Waals surface area contributed by atoms with Crippen molar-refractivity contribution in [1.82, 2.24) is 0 Å². The van der Waals surface area contributed by atoms with E-state index in [-0.39, 0.29) is 22.6 Å². The highest BCUT2D eigenvalue weighted by Gasteiger charge is 2.47. The lowest BCUT2D eigenvalue weighted by Gasteiger charge is -2.25. The van der Waals surface area contributed by atoms with Gasteiger partial charge in [-0.25, -0.2) is 4.39 Å². The van der Waals surface area contributed by atoms with Crippen molar-refractivity contribution in [2.75, 3.05) is 11.5 Å². The second kappa shape index (κ2) is 9.82. The molecule has 1 fully saturated rings. The van der Waals surface area contributed by atoms with Crippen LogP contribution in [0.25, 0.3) is 5.76 Å². The molecule has 0 aliphatic carbocycles. The van der Waals surface area contributed by atoms with Crippen molar-refractivity contribution in [1.29, 1.82) is 5.26 Å². The van der Waals surface area contributed by atoms with Crippen molar-refractivity contribution < 1.29 is 23.8 Å². The van der Waals surface area contributed by atoms with Crippen LogP contribution in [0.3, 0.4) is 0 Å². The molecule has 1 aliphatic heterocycles. The van der Waals surface area contributed by atoms with Gasteiger partial charge in [-0.05, 0) is 48.4 Å². The van der Waals surface area contributed by atoms with Crippen molar-refractivity contribution in [3.8, 4) is 11.8 Å². The molecule has 7 heteroatoms. The number of amides is 1. The van der Waals surface area contributed by atoms with E-state index in [1.165, 1.54) is 42.5 Å². The summed E-state index contributed by atoms with van der Waals surface area (Å²) in [6.45, 7) is 4.47. The van der Waals surface area contributed by atoms with Crippen LogP contribution in [0.1, 0.15) is 36.6 Å². The molecule has 4 rings (SSSR count). The monoisotopic (exact) mass is 470 g/mol. The molecule has 1 heterocycles. The van der Waals surface area contributed by atoms with Gasteiger partial charge in [-0.2, -0.15) is 5.26 Å². The normalized spacial score (nSPS) is 17.0. The molecule has 3 aromatic carbocycles. The van der Waals surface area contributed by atoms with Crippen LogP contribution in [0.4, 0.5) is 10.1 Å².